The zero-order valence-corrected chi connectivity index (χ0v) is 4.73. The van der Waals surface area contributed by atoms with E-state index in [9.17, 15) is 0 Å². The molecule has 0 heterocycles. The average molecular weight is 98.1 g/mol. The van der Waals surface area contributed by atoms with Crippen LogP contribution in [-0.2, 0) is 0 Å². The SMILES string of the molecule is C/C=C(/CC)N=N. The fraction of sp³-hybridized carbons (Fsp3) is 0.600. The highest BCUT2D eigenvalue weighted by Crippen LogP contribution is 1.98. The highest BCUT2D eigenvalue weighted by atomic mass is 15.0. The molecule has 2 heteroatoms. The Balaban J connectivity index is 3.60. The van der Waals surface area contributed by atoms with Gasteiger partial charge in [0.25, 0.3) is 0 Å². The molecule has 0 aromatic rings. The lowest BCUT2D eigenvalue weighted by molar-refractivity contribution is 0.958. The lowest BCUT2D eigenvalue weighted by atomic mass is 10.3. The second-order valence-electron chi connectivity index (χ2n) is 1.25. The molecule has 0 saturated carbocycles. The fourth-order valence-corrected chi connectivity index (χ4v) is 0.348. The minimum absolute atomic E-state index is 0.847. The normalized spacial score (nSPS) is 11.4. The van der Waals surface area contributed by atoms with Crippen molar-refractivity contribution in [2.75, 3.05) is 0 Å². The molecule has 0 rings (SSSR count). The molecular formula is C5H10N2. The predicted octanol–water partition coefficient (Wildman–Crippen LogP) is 2.33. The van der Waals surface area contributed by atoms with Crippen LogP contribution in [0.4, 0.5) is 0 Å². The van der Waals surface area contributed by atoms with Crippen LogP contribution in [0.25, 0.3) is 0 Å². The Hall–Kier alpha value is -0.660. The molecule has 0 aromatic carbocycles. The van der Waals surface area contributed by atoms with E-state index in [2.05, 4.69) is 5.11 Å². The van der Waals surface area contributed by atoms with Crippen molar-refractivity contribution in [1.82, 2.24) is 0 Å². The van der Waals surface area contributed by atoms with E-state index in [1.54, 1.807) is 0 Å². The number of hydrogen-bond acceptors (Lipinski definition) is 2. The largest absolute Gasteiger partial charge is 0.205 e. The van der Waals surface area contributed by atoms with Gasteiger partial charge in [-0.05, 0) is 13.3 Å². The molecule has 40 valence electrons. The van der Waals surface area contributed by atoms with Crippen LogP contribution in [0.5, 0.6) is 0 Å². The number of nitrogens with one attached hydrogen (secondary N) is 1. The van der Waals surface area contributed by atoms with Gasteiger partial charge in [0.05, 0.1) is 5.70 Å². The summed E-state index contributed by atoms with van der Waals surface area (Å²) in [6.07, 6.45) is 2.70. The highest BCUT2D eigenvalue weighted by molar-refractivity contribution is 4.93. The summed E-state index contributed by atoms with van der Waals surface area (Å²) in [5.74, 6) is 0. The van der Waals surface area contributed by atoms with Crippen molar-refractivity contribution in [3.8, 4) is 0 Å². The van der Waals surface area contributed by atoms with Crippen molar-refractivity contribution in [2.24, 2.45) is 5.11 Å². The number of rotatable bonds is 2. The maximum Gasteiger partial charge on any atom is 0.0578 e. The summed E-state index contributed by atoms with van der Waals surface area (Å²) in [6.45, 7) is 3.87. The van der Waals surface area contributed by atoms with Gasteiger partial charge in [0.15, 0.2) is 0 Å². The lowest BCUT2D eigenvalue weighted by Crippen LogP contribution is -1.67. The molecule has 0 bridgehead atoms. The molecule has 7 heavy (non-hydrogen) atoms. The Bertz CT molecular complexity index is 84.1. The van der Waals surface area contributed by atoms with Gasteiger partial charge in [-0.1, -0.05) is 13.0 Å². The second-order valence-corrected chi connectivity index (χ2v) is 1.25. The van der Waals surface area contributed by atoms with Crippen LogP contribution in [0.1, 0.15) is 20.3 Å². The maximum absolute atomic E-state index is 6.52. The molecule has 0 saturated heterocycles. The molecule has 0 aliphatic heterocycles. The van der Waals surface area contributed by atoms with Crippen LogP contribution in [0.15, 0.2) is 16.9 Å². The maximum atomic E-state index is 6.52. The van der Waals surface area contributed by atoms with E-state index in [0.717, 1.165) is 12.1 Å². The number of hydrogen-bond donors (Lipinski definition) is 1. The van der Waals surface area contributed by atoms with Crippen LogP contribution in [0.3, 0.4) is 0 Å². The van der Waals surface area contributed by atoms with Crippen LogP contribution >= 0.6 is 0 Å². The van der Waals surface area contributed by atoms with Gasteiger partial charge in [-0.15, -0.1) is 0 Å². The topological polar surface area (TPSA) is 36.2 Å². The van der Waals surface area contributed by atoms with Gasteiger partial charge >= 0.3 is 0 Å². The molecular weight excluding hydrogens is 88.1 g/mol. The molecule has 0 aliphatic carbocycles. The van der Waals surface area contributed by atoms with Crippen molar-refractivity contribution < 1.29 is 0 Å². The molecule has 0 fully saturated rings. The van der Waals surface area contributed by atoms with E-state index < -0.39 is 0 Å². The minimum Gasteiger partial charge on any atom is -0.205 e. The van der Waals surface area contributed by atoms with Crippen LogP contribution in [0, 0.1) is 5.53 Å². The van der Waals surface area contributed by atoms with Crippen molar-refractivity contribution in [1.29, 1.82) is 5.53 Å². The first-order valence-electron chi connectivity index (χ1n) is 2.37. The quantitative estimate of drug-likeness (QED) is 0.514. The molecule has 0 atom stereocenters. The zero-order chi connectivity index (χ0) is 5.70. The Morgan fingerprint density at radius 1 is 1.86 bits per heavy atom. The Labute approximate surface area is 43.7 Å². The molecule has 0 aromatic heterocycles. The van der Waals surface area contributed by atoms with Gasteiger partial charge in [0.2, 0.25) is 0 Å². The summed E-state index contributed by atoms with van der Waals surface area (Å²) >= 11 is 0. The van der Waals surface area contributed by atoms with Crippen LogP contribution < -0.4 is 0 Å². The standard InChI is InChI=1S/C5H10N2/c1-3-5(4-2)7-6/h3,6H,4H2,1-2H3/b5-3-,7-6?. The van der Waals surface area contributed by atoms with Crippen molar-refractivity contribution in [3.05, 3.63) is 11.8 Å². The van der Waals surface area contributed by atoms with Gasteiger partial charge in [-0.25, -0.2) is 5.53 Å². The van der Waals surface area contributed by atoms with Crippen LogP contribution in [0.2, 0.25) is 0 Å². The molecule has 0 amide bonds. The van der Waals surface area contributed by atoms with E-state index in [4.69, 9.17) is 5.53 Å². The van der Waals surface area contributed by atoms with E-state index >= 15 is 0 Å². The third-order valence-corrected chi connectivity index (χ3v) is 0.839. The molecule has 0 spiro atoms. The van der Waals surface area contributed by atoms with Gasteiger partial charge < -0.3 is 0 Å². The summed E-state index contributed by atoms with van der Waals surface area (Å²) in [5.41, 5.74) is 7.36. The summed E-state index contributed by atoms with van der Waals surface area (Å²) in [7, 11) is 0. The molecule has 1 N–H and O–H groups in total. The Morgan fingerprint density at radius 3 is 2.43 bits per heavy atom. The summed E-state index contributed by atoms with van der Waals surface area (Å²) in [5, 5.41) is 3.24. The van der Waals surface area contributed by atoms with Gasteiger partial charge in [-0.2, -0.15) is 5.11 Å². The lowest BCUT2D eigenvalue weighted by Gasteiger charge is -1.85. The van der Waals surface area contributed by atoms with Crippen molar-refractivity contribution in [2.45, 2.75) is 20.3 Å². The molecule has 0 aliphatic rings. The number of allylic oxidation sites excluding steroid dienone is 2. The van der Waals surface area contributed by atoms with E-state index in [1.807, 2.05) is 19.9 Å². The third-order valence-electron chi connectivity index (χ3n) is 0.839. The third kappa shape index (κ3) is 2.09. The van der Waals surface area contributed by atoms with E-state index in [1.165, 1.54) is 0 Å². The van der Waals surface area contributed by atoms with E-state index in [0.29, 0.717) is 0 Å². The fourth-order valence-electron chi connectivity index (χ4n) is 0.348. The Morgan fingerprint density at radius 2 is 2.43 bits per heavy atom. The van der Waals surface area contributed by atoms with Crippen LogP contribution in [-0.4, -0.2) is 0 Å². The first kappa shape index (κ1) is 6.34. The molecule has 2 nitrogen and oxygen atoms in total. The van der Waals surface area contributed by atoms with Gasteiger partial charge in [0.1, 0.15) is 0 Å². The summed E-state index contributed by atoms with van der Waals surface area (Å²) in [4.78, 5) is 0. The highest BCUT2D eigenvalue weighted by Gasteiger charge is 1.80. The molecule has 0 radical (unpaired) electrons. The zero-order valence-electron chi connectivity index (χ0n) is 4.73. The van der Waals surface area contributed by atoms with E-state index in [-0.39, 0.29) is 0 Å². The van der Waals surface area contributed by atoms with Gasteiger partial charge in [0, 0.05) is 0 Å². The first-order chi connectivity index (χ1) is 3.35. The summed E-state index contributed by atoms with van der Waals surface area (Å²) in [6, 6.07) is 0. The van der Waals surface area contributed by atoms with Gasteiger partial charge in [-0.3, -0.25) is 0 Å². The average Bonchev–Trinajstić information content (AvgIpc) is 1.72. The first-order valence-corrected chi connectivity index (χ1v) is 2.37. The monoisotopic (exact) mass is 98.1 g/mol. The minimum atomic E-state index is 0.847. The predicted molar refractivity (Wildman–Crippen MR) is 29.2 cm³/mol. The van der Waals surface area contributed by atoms with Crippen molar-refractivity contribution >= 4 is 0 Å². The number of nitrogens with zero attached hydrogens (tertiary/aromatic N) is 1. The Kier molecular flexibility index (Phi) is 3.19. The van der Waals surface area contributed by atoms with Crippen molar-refractivity contribution in [3.63, 3.8) is 0 Å². The second kappa shape index (κ2) is 3.53. The molecule has 0 unspecified atom stereocenters. The summed E-state index contributed by atoms with van der Waals surface area (Å²) < 4.78 is 0. The smallest absolute Gasteiger partial charge is 0.0578 e.